The van der Waals surface area contributed by atoms with Gasteiger partial charge in [-0.25, -0.2) is 4.98 Å². The van der Waals surface area contributed by atoms with E-state index in [0.29, 0.717) is 60.9 Å². The van der Waals surface area contributed by atoms with Gasteiger partial charge in [0, 0.05) is 30.8 Å². The number of anilines is 1. The Morgan fingerprint density at radius 1 is 0.882 bits per heavy atom. The maximum absolute atomic E-state index is 13.7. The van der Waals surface area contributed by atoms with Gasteiger partial charge in [0.15, 0.2) is 28.1 Å². The van der Waals surface area contributed by atoms with Crippen molar-refractivity contribution in [3.05, 3.63) is 35.9 Å². The van der Waals surface area contributed by atoms with Crippen molar-refractivity contribution >= 4 is 45.0 Å². The van der Waals surface area contributed by atoms with E-state index in [-0.39, 0.29) is 18.3 Å². The number of carbonyl (C=O) groups is 1. The second-order valence-corrected chi connectivity index (χ2v) is 8.81. The summed E-state index contributed by atoms with van der Waals surface area (Å²) in [7, 11) is 0. The lowest BCUT2D eigenvalue weighted by Gasteiger charge is -2.25. The molecule has 10 heteroatoms. The fraction of sp³-hybridized carbons (Fsp3) is 0.417. The second-order valence-electron chi connectivity index (χ2n) is 7.80. The van der Waals surface area contributed by atoms with Crippen molar-refractivity contribution in [2.75, 3.05) is 57.5 Å². The smallest absolute Gasteiger partial charge is 0.260 e. The summed E-state index contributed by atoms with van der Waals surface area (Å²) >= 11 is 1.48. The summed E-state index contributed by atoms with van der Waals surface area (Å²) in [5.74, 6) is 2.56. The molecule has 3 aromatic rings. The molecule has 182 valence electrons. The molecular formula is C24H28ClN3O5S. The van der Waals surface area contributed by atoms with Crippen LogP contribution in [0.3, 0.4) is 0 Å². The van der Waals surface area contributed by atoms with Crippen molar-refractivity contribution in [1.82, 2.24) is 9.88 Å². The summed E-state index contributed by atoms with van der Waals surface area (Å²) in [6.45, 7) is 9.41. The van der Waals surface area contributed by atoms with Crippen LogP contribution in [0.25, 0.3) is 10.2 Å². The average Bonchev–Trinajstić information content (AvgIpc) is 3.27. The zero-order chi connectivity index (χ0) is 22.8. The number of benzene rings is 2. The highest BCUT2D eigenvalue weighted by atomic mass is 35.5. The van der Waals surface area contributed by atoms with Crippen LogP contribution in [0.1, 0.15) is 24.2 Å². The Hall–Kier alpha value is -2.75. The number of hydrogen-bond donors (Lipinski definition) is 0. The van der Waals surface area contributed by atoms with Gasteiger partial charge >= 0.3 is 0 Å². The highest BCUT2D eigenvalue weighted by molar-refractivity contribution is 7.22. The standard InChI is InChI=1S/C24H27N3O5S.ClH/c1-3-26(4-2)7-8-27(23(28)16-5-6-18-19(13-16)30-10-9-29-18)24-25-17-14-20-21(15-22(17)33-24)32-12-11-31-20;/h5-6,13-15H,3-4,7-12H2,1-2H3;1H. The van der Waals surface area contributed by atoms with E-state index in [2.05, 4.69) is 18.7 Å². The summed E-state index contributed by atoms with van der Waals surface area (Å²) in [6, 6.07) is 9.18. The van der Waals surface area contributed by atoms with Crippen LogP contribution in [-0.4, -0.2) is 68.4 Å². The summed E-state index contributed by atoms with van der Waals surface area (Å²) < 4.78 is 23.7. The van der Waals surface area contributed by atoms with Crippen LogP contribution < -0.4 is 23.8 Å². The Kier molecular flexibility index (Phi) is 7.65. The molecule has 3 heterocycles. The van der Waals surface area contributed by atoms with Crippen LogP contribution in [0.4, 0.5) is 5.13 Å². The number of likely N-dealkylation sites (N-methyl/N-ethyl adjacent to an activating group) is 1. The summed E-state index contributed by atoms with van der Waals surface area (Å²) in [5.41, 5.74) is 1.34. The number of fused-ring (bicyclic) bond motifs is 3. The third-order valence-corrected chi connectivity index (χ3v) is 6.88. The quantitative estimate of drug-likeness (QED) is 0.475. The second kappa shape index (κ2) is 10.7. The molecule has 0 fully saturated rings. The van der Waals surface area contributed by atoms with E-state index in [9.17, 15) is 4.79 Å². The number of nitrogens with zero attached hydrogens (tertiary/aromatic N) is 3. The van der Waals surface area contributed by atoms with E-state index in [4.69, 9.17) is 23.9 Å². The average molecular weight is 506 g/mol. The minimum atomic E-state index is -0.115. The number of rotatable bonds is 7. The maximum Gasteiger partial charge on any atom is 0.260 e. The van der Waals surface area contributed by atoms with Crippen molar-refractivity contribution in [3.8, 4) is 23.0 Å². The van der Waals surface area contributed by atoms with E-state index in [1.54, 1.807) is 23.1 Å². The van der Waals surface area contributed by atoms with E-state index in [0.717, 1.165) is 35.6 Å². The normalized spacial score (nSPS) is 14.1. The van der Waals surface area contributed by atoms with E-state index < -0.39 is 0 Å². The molecule has 2 aliphatic heterocycles. The first-order valence-corrected chi connectivity index (χ1v) is 12.1. The number of ether oxygens (including phenoxy) is 4. The molecule has 0 spiro atoms. The third kappa shape index (κ3) is 4.87. The molecule has 0 saturated carbocycles. The monoisotopic (exact) mass is 505 g/mol. The molecule has 0 N–H and O–H groups in total. The van der Waals surface area contributed by atoms with Gasteiger partial charge in [0.25, 0.3) is 5.91 Å². The van der Waals surface area contributed by atoms with Gasteiger partial charge in [-0.1, -0.05) is 25.2 Å². The molecule has 2 aliphatic rings. The molecule has 8 nitrogen and oxygen atoms in total. The van der Waals surface area contributed by atoms with Gasteiger partial charge < -0.3 is 23.8 Å². The first kappa shape index (κ1) is 24.4. The van der Waals surface area contributed by atoms with E-state index in [1.165, 1.54) is 11.3 Å². The number of thiazole rings is 1. The van der Waals surface area contributed by atoms with Crippen LogP contribution in [0.2, 0.25) is 0 Å². The van der Waals surface area contributed by atoms with Gasteiger partial charge in [-0.2, -0.15) is 0 Å². The molecule has 0 unspecified atom stereocenters. The van der Waals surface area contributed by atoms with Crippen LogP contribution >= 0.6 is 23.7 Å². The largest absolute Gasteiger partial charge is 0.486 e. The molecule has 2 aromatic carbocycles. The molecule has 5 rings (SSSR count). The summed E-state index contributed by atoms with van der Waals surface area (Å²) in [6.07, 6.45) is 0. The zero-order valence-corrected chi connectivity index (χ0v) is 20.9. The molecular weight excluding hydrogens is 478 g/mol. The van der Waals surface area contributed by atoms with Gasteiger partial charge in [0.05, 0.1) is 10.2 Å². The lowest BCUT2D eigenvalue weighted by molar-refractivity contribution is 0.0982. The fourth-order valence-electron chi connectivity index (χ4n) is 3.97. The number of halogens is 1. The molecule has 0 aliphatic carbocycles. The maximum atomic E-state index is 13.7. The van der Waals surface area contributed by atoms with Gasteiger partial charge in [-0.05, 0) is 31.3 Å². The van der Waals surface area contributed by atoms with Crippen molar-refractivity contribution in [1.29, 1.82) is 0 Å². The van der Waals surface area contributed by atoms with E-state index in [1.807, 2.05) is 12.1 Å². The number of aromatic nitrogens is 1. The van der Waals surface area contributed by atoms with Crippen LogP contribution in [-0.2, 0) is 0 Å². The lowest BCUT2D eigenvalue weighted by Crippen LogP contribution is -2.39. The Labute approximate surface area is 208 Å². The van der Waals surface area contributed by atoms with E-state index >= 15 is 0 Å². The SMILES string of the molecule is CCN(CC)CCN(C(=O)c1ccc2c(c1)OCCO2)c1nc2cc3c(cc2s1)OCCO3.Cl. The molecule has 0 radical (unpaired) electrons. The van der Waals surface area contributed by atoms with Crippen molar-refractivity contribution in [3.63, 3.8) is 0 Å². The van der Waals surface area contributed by atoms with Gasteiger partial charge in [-0.3, -0.25) is 9.69 Å². The zero-order valence-electron chi connectivity index (χ0n) is 19.2. The third-order valence-electron chi connectivity index (χ3n) is 5.84. The van der Waals surface area contributed by atoms with Crippen molar-refractivity contribution < 1.29 is 23.7 Å². The molecule has 1 amide bonds. The Balaban J connectivity index is 0.00000274. The van der Waals surface area contributed by atoms with Crippen molar-refractivity contribution in [2.45, 2.75) is 13.8 Å². The highest BCUT2D eigenvalue weighted by Crippen LogP contribution is 2.39. The minimum absolute atomic E-state index is 0. The number of hydrogen-bond acceptors (Lipinski definition) is 8. The molecule has 0 saturated heterocycles. The first-order chi connectivity index (χ1) is 16.2. The molecule has 1 aromatic heterocycles. The summed E-state index contributed by atoms with van der Waals surface area (Å²) in [5, 5.41) is 0.652. The van der Waals surface area contributed by atoms with Gasteiger partial charge in [0.2, 0.25) is 0 Å². The predicted octanol–water partition coefficient (Wildman–Crippen LogP) is 4.25. The number of carbonyl (C=O) groups excluding carboxylic acids is 1. The summed E-state index contributed by atoms with van der Waals surface area (Å²) in [4.78, 5) is 22.5. The predicted molar refractivity (Wildman–Crippen MR) is 135 cm³/mol. The molecule has 0 atom stereocenters. The Bertz CT molecular complexity index is 1120. The molecule has 34 heavy (non-hydrogen) atoms. The Morgan fingerprint density at radius 2 is 1.50 bits per heavy atom. The Morgan fingerprint density at radius 3 is 2.18 bits per heavy atom. The lowest BCUT2D eigenvalue weighted by atomic mass is 10.1. The fourth-order valence-corrected chi connectivity index (χ4v) is 4.97. The van der Waals surface area contributed by atoms with Crippen molar-refractivity contribution in [2.24, 2.45) is 0 Å². The first-order valence-electron chi connectivity index (χ1n) is 11.3. The minimum Gasteiger partial charge on any atom is -0.486 e. The van der Waals surface area contributed by atoms with Gasteiger partial charge in [-0.15, -0.1) is 12.4 Å². The molecule has 0 bridgehead atoms. The van der Waals surface area contributed by atoms with Crippen LogP contribution in [0.15, 0.2) is 30.3 Å². The number of amides is 1. The van der Waals surface area contributed by atoms with Crippen LogP contribution in [0.5, 0.6) is 23.0 Å². The highest BCUT2D eigenvalue weighted by Gasteiger charge is 2.25. The topological polar surface area (TPSA) is 73.4 Å². The van der Waals surface area contributed by atoms with Gasteiger partial charge in [0.1, 0.15) is 26.4 Å². The van der Waals surface area contributed by atoms with Crippen LogP contribution in [0, 0.1) is 0 Å².